The number of aryl methyl sites for hydroxylation is 1. The molecular formula is C29H26FN3O5S2. The Morgan fingerprint density at radius 2 is 1.88 bits per heavy atom. The van der Waals surface area contributed by atoms with Crippen LogP contribution in [0.5, 0.6) is 5.75 Å². The number of hydrogen-bond donors (Lipinski definition) is 1. The topological polar surface area (TPSA) is 106 Å². The number of thioether (sulfide) groups is 1. The van der Waals surface area contributed by atoms with Crippen LogP contribution in [0.2, 0.25) is 0 Å². The third-order valence-corrected chi connectivity index (χ3v) is 8.38. The van der Waals surface area contributed by atoms with Gasteiger partial charge in [-0.1, -0.05) is 60.7 Å². The average molecular weight is 580 g/mol. The molecule has 0 saturated carbocycles. The van der Waals surface area contributed by atoms with E-state index in [0.717, 1.165) is 29.7 Å². The Kier molecular flexibility index (Phi) is 8.32. The van der Waals surface area contributed by atoms with Crippen LogP contribution in [0.25, 0.3) is 0 Å². The van der Waals surface area contributed by atoms with Crippen LogP contribution in [0, 0.1) is 12.7 Å². The number of amides is 1. The molecule has 1 amide bonds. The maximum atomic E-state index is 13.5. The van der Waals surface area contributed by atoms with Gasteiger partial charge in [-0.05, 0) is 60.9 Å². The fourth-order valence-corrected chi connectivity index (χ4v) is 6.03. The number of aliphatic hydroxyl groups excluding tert-OH is 1. The zero-order valence-electron chi connectivity index (χ0n) is 21.8. The van der Waals surface area contributed by atoms with Crippen molar-refractivity contribution in [2.24, 2.45) is 0 Å². The molecule has 206 valence electrons. The summed E-state index contributed by atoms with van der Waals surface area (Å²) in [4.78, 5) is 28.2. The summed E-state index contributed by atoms with van der Waals surface area (Å²) >= 11 is 2.55. The lowest BCUT2D eigenvalue weighted by Gasteiger charge is -2.24. The van der Waals surface area contributed by atoms with Gasteiger partial charge in [-0.2, -0.15) is 0 Å². The highest BCUT2D eigenvalue weighted by Crippen LogP contribution is 2.44. The monoisotopic (exact) mass is 579 g/mol. The van der Waals surface area contributed by atoms with E-state index >= 15 is 0 Å². The summed E-state index contributed by atoms with van der Waals surface area (Å²) in [5, 5.41) is 19.6. The van der Waals surface area contributed by atoms with Gasteiger partial charge in [0.15, 0.2) is 15.9 Å². The number of Topliss-reactive ketones (excluding diaryl/α,β-unsaturated/α-hetero) is 1. The molecule has 2 aromatic carbocycles. The second-order valence-electron chi connectivity index (χ2n) is 9.12. The van der Waals surface area contributed by atoms with Crippen molar-refractivity contribution >= 4 is 39.9 Å². The average Bonchev–Trinajstić information content (AvgIpc) is 3.67. The summed E-state index contributed by atoms with van der Waals surface area (Å²) in [7, 11) is 0. The molecular weight excluding hydrogens is 553 g/mol. The van der Waals surface area contributed by atoms with E-state index in [1.165, 1.54) is 34.9 Å². The minimum Gasteiger partial charge on any atom is -0.503 e. The summed E-state index contributed by atoms with van der Waals surface area (Å²) in [6, 6.07) is 15.4. The second-order valence-corrected chi connectivity index (χ2v) is 11.3. The van der Waals surface area contributed by atoms with Gasteiger partial charge in [-0.15, -0.1) is 10.2 Å². The first-order valence-electron chi connectivity index (χ1n) is 12.7. The highest BCUT2D eigenvalue weighted by atomic mass is 32.2. The maximum absolute atomic E-state index is 13.5. The van der Waals surface area contributed by atoms with E-state index in [1.807, 2.05) is 0 Å². The number of furan rings is 1. The standard InChI is InChI=1S/C29H26FN3O5S2/c1-3-4-15-37-21-12-8-19(9-13-21)24-23(25(34)22-14-5-17(2)38-22)26(35)27(36)33(24)28-31-32-29(40-28)39-16-18-6-10-20(30)11-7-18/h5-14,24,35H,3-4,15-16H2,1-2H3. The molecule has 0 aliphatic carbocycles. The van der Waals surface area contributed by atoms with Gasteiger partial charge >= 0.3 is 0 Å². The number of carbonyl (C=O) groups excluding carboxylic acids is 2. The number of hydrogen-bond acceptors (Lipinski definition) is 9. The van der Waals surface area contributed by atoms with E-state index in [9.17, 15) is 19.1 Å². The third kappa shape index (κ3) is 5.80. The molecule has 4 aromatic rings. The SMILES string of the molecule is CCCCOc1ccc(C2C(C(=O)c3ccc(C)o3)=C(O)C(=O)N2c2nnc(SCc3ccc(F)cc3)s2)cc1. The lowest BCUT2D eigenvalue weighted by atomic mass is 9.95. The van der Waals surface area contributed by atoms with E-state index in [4.69, 9.17) is 9.15 Å². The van der Waals surface area contributed by atoms with Crippen LogP contribution in [0.15, 0.2) is 80.8 Å². The fraction of sp³-hybridized carbons (Fsp3) is 0.241. The molecule has 0 bridgehead atoms. The van der Waals surface area contributed by atoms with Gasteiger partial charge in [0, 0.05) is 5.75 Å². The number of unbranched alkanes of at least 4 members (excludes halogenated alkanes) is 1. The number of halogens is 1. The summed E-state index contributed by atoms with van der Waals surface area (Å²) in [5.74, 6) is -0.594. The molecule has 2 aromatic heterocycles. The van der Waals surface area contributed by atoms with Crippen molar-refractivity contribution in [1.29, 1.82) is 0 Å². The molecule has 1 N–H and O–H groups in total. The molecule has 8 nitrogen and oxygen atoms in total. The first-order valence-corrected chi connectivity index (χ1v) is 14.5. The Bertz CT molecular complexity index is 1550. The van der Waals surface area contributed by atoms with Gasteiger partial charge in [-0.3, -0.25) is 14.5 Å². The molecule has 0 fully saturated rings. The van der Waals surface area contributed by atoms with E-state index < -0.39 is 23.5 Å². The van der Waals surface area contributed by atoms with E-state index in [0.29, 0.717) is 33.8 Å². The molecule has 0 spiro atoms. The van der Waals surface area contributed by atoms with Crippen LogP contribution >= 0.6 is 23.1 Å². The van der Waals surface area contributed by atoms with Gasteiger partial charge in [-0.25, -0.2) is 4.39 Å². The van der Waals surface area contributed by atoms with Crippen molar-refractivity contribution in [3.05, 3.63) is 100 Å². The first-order chi connectivity index (χ1) is 19.4. The lowest BCUT2D eigenvalue weighted by molar-refractivity contribution is -0.117. The van der Waals surface area contributed by atoms with Crippen LogP contribution < -0.4 is 9.64 Å². The van der Waals surface area contributed by atoms with Crippen molar-refractivity contribution < 1.29 is 28.2 Å². The Morgan fingerprint density at radius 3 is 2.55 bits per heavy atom. The van der Waals surface area contributed by atoms with Gasteiger partial charge < -0.3 is 14.3 Å². The maximum Gasteiger partial charge on any atom is 0.296 e. The van der Waals surface area contributed by atoms with Gasteiger partial charge in [0.2, 0.25) is 10.9 Å². The van der Waals surface area contributed by atoms with Gasteiger partial charge in [0.1, 0.15) is 17.3 Å². The van der Waals surface area contributed by atoms with Crippen molar-refractivity contribution in [1.82, 2.24) is 10.2 Å². The van der Waals surface area contributed by atoms with E-state index in [1.54, 1.807) is 49.4 Å². The van der Waals surface area contributed by atoms with Crippen LogP contribution in [0.3, 0.4) is 0 Å². The predicted molar refractivity (Wildman–Crippen MR) is 150 cm³/mol. The number of aliphatic hydroxyl groups is 1. The number of carbonyl (C=O) groups is 2. The third-order valence-electron chi connectivity index (χ3n) is 6.26. The number of benzene rings is 2. The number of rotatable bonds is 11. The zero-order valence-corrected chi connectivity index (χ0v) is 23.4. The summed E-state index contributed by atoms with van der Waals surface area (Å²) in [6.45, 7) is 4.36. The lowest BCUT2D eigenvalue weighted by Crippen LogP contribution is -2.31. The van der Waals surface area contributed by atoms with E-state index in [-0.39, 0.29) is 22.3 Å². The molecule has 3 heterocycles. The van der Waals surface area contributed by atoms with Crippen molar-refractivity contribution in [3.63, 3.8) is 0 Å². The summed E-state index contributed by atoms with van der Waals surface area (Å²) in [5.41, 5.74) is 1.39. The molecule has 1 unspecified atom stereocenters. The highest BCUT2D eigenvalue weighted by Gasteiger charge is 2.46. The minimum atomic E-state index is -0.960. The van der Waals surface area contributed by atoms with Gasteiger partial charge in [0.25, 0.3) is 5.91 Å². The number of nitrogens with zero attached hydrogens (tertiary/aromatic N) is 3. The summed E-state index contributed by atoms with van der Waals surface area (Å²) in [6.07, 6.45) is 1.92. The van der Waals surface area contributed by atoms with Crippen LogP contribution in [0.1, 0.15) is 53.2 Å². The molecule has 40 heavy (non-hydrogen) atoms. The molecule has 5 rings (SSSR count). The second kappa shape index (κ2) is 12.1. The first kappa shape index (κ1) is 27.6. The van der Waals surface area contributed by atoms with Crippen LogP contribution in [0.4, 0.5) is 9.52 Å². The zero-order chi connectivity index (χ0) is 28.2. The Labute approximate surface area is 238 Å². The summed E-state index contributed by atoms with van der Waals surface area (Å²) < 4.78 is 25.1. The van der Waals surface area contributed by atoms with E-state index in [2.05, 4.69) is 17.1 Å². The van der Waals surface area contributed by atoms with Crippen LogP contribution in [-0.4, -0.2) is 33.6 Å². The Morgan fingerprint density at radius 1 is 1.12 bits per heavy atom. The number of ether oxygens (including phenoxy) is 1. The minimum absolute atomic E-state index is 0.0195. The van der Waals surface area contributed by atoms with Crippen molar-refractivity contribution in [2.75, 3.05) is 11.5 Å². The van der Waals surface area contributed by atoms with Crippen molar-refractivity contribution in [3.8, 4) is 5.75 Å². The largest absolute Gasteiger partial charge is 0.503 e. The molecule has 1 atom stereocenters. The smallest absolute Gasteiger partial charge is 0.296 e. The highest BCUT2D eigenvalue weighted by molar-refractivity contribution is 8.00. The van der Waals surface area contributed by atoms with Gasteiger partial charge in [0.05, 0.1) is 18.2 Å². The quantitative estimate of drug-likeness (QED) is 0.0892. The predicted octanol–water partition coefficient (Wildman–Crippen LogP) is 6.83. The fourth-order valence-electron chi connectivity index (χ4n) is 4.20. The van der Waals surface area contributed by atoms with Crippen LogP contribution in [-0.2, 0) is 10.5 Å². The molecule has 1 aliphatic rings. The van der Waals surface area contributed by atoms with Crippen molar-refractivity contribution in [2.45, 2.75) is 42.8 Å². The molecule has 1 aliphatic heterocycles. The number of anilines is 1. The Hall–Kier alpha value is -3.96. The number of aromatic nitrogens is 2. The molecule has 11 heteroatoms. The normalized spacial score (nSPS) is 15.2. The molecule has 0 saturated heterocycles. The number of ketones is 1. The Balaban J connectivity index is 1.46. The molecule has 0 radical (unpaired) electrons.